The number of amides is 2. The third-order valence-corrected chi connectivity index (χ3v) is 7.35. The molecular formula is C19H26ClN3O4S. The molecule has 0 aromatic heterocycles. The van der Waals surface area contributed by atoms with E-state index >= 15 is 0 Å². The molecule has 2 fully saturated rings. The summed E-state index contributed by atoms with van der Waals surface area (Å²) in [7, 11) is -2.88. The fraction of sp³-hybridized carbons (Fsp3) is 0.579. The van der Waals surface area contributed by atoms with Crippen molar-refractivity contribution in [2.24, 2.45) is 0 Å². The average molecular weight is 428 g/mol. The van der Waals surface area contributed by atoms with Crippen LogP contribution in [0.15, 0.2) is 24.3 Å². The number of nitrogens with one attached hydrogen (secondary N) is 1. The number of sulfone groups is 1. The summed E-state index contributed by atoms with van der Waals surface area (Å²) in [5, 5.41) is 3.39. The topological polar surface area (TPSA) is 86.8 Å². The molecule has 0 saturated carbocycles. The predicted molar refractivity (Wildman–Crippen MR) is 108 cm³/mol. The molecule has 2 aliphatic heterocycles. The van der Waals surface area contributed by atoms with Gasteiger partial charge in [0.25, 0.3) is 5.91 Å². The molecule has 0 bridgehead atoms. The highest BCUT2D eigenvalue weighted by molar-refractivity contribution is 7.91. The van der Waals surface area contributed by atoms with Crippen molar-refractivity contribution >= 4 is 33.3 Å². The van der Waals surface area contributed by atoms with Crippen LogP contribution in [0.2, 0.25) is 5.02 Å². The number of rotatable bonds is 6. The van der Waals surface area contributed by atoms with Gasteiger partial charge in [0.2, 0.25) is 5.91 Å². The first kappa shape index (κ1) is 21.1. The van der Waals surface area contributed by atoms with Crippen molar-refractivity contribution in [3.8, 4) is 0 Å². The van der Waals surface area contributed by atoms with Crippen LogP contribution in [0.3, 0.4) is 0 Å². The summed E-state index contributed by atoms with van der Waals surface area (Å²) in [5.74, 6) is 0.427. The second-order valence-corrected chi connectivity index (χ2v) is 10.0. The molecule has 1 N–H and O–H groups in total. The smallest absolute Gasteiger partial charge is 0.251 e. The van der Waals surface area contributed by atoms with Crippen molar-refractivity contribution < 1.29 is 18.0 Å². The van der Waals surface area contributed by atoms with Crippen LogP contribution < -0.4 is 5.32 Å². The van der Waals surface area contributed by atoms with E-state index in [1.165, 1.54) is 0 Å². The molecular weight excluding hydrogens is 402 g/mol. The summed E-state index contributed by atoms with van der Waals surface area (Å²) < 4.78 is 23.3. The SMILES string of the molecule is O=C(NCCCC(=O)N1CCN(C2CCS(=O)(=O)C2)CC1)c1ccc(Cl)cc1. The highest BCUT2D eigenvalue weighted by Crippen LogP contribution is 2.19. The zero-order valence-electron chi connectivity index (χ0n) is 15.8. The number of nitrogens with zero attached hydrogens (tertiary/aromatic N) is 2. The van der Waals surface area contributed by atoms with Gasteiger partial charge in [-0.25, -0.2) is 8.42 Å². The number of carbonyl (C=O) groups is 2. The van der Waals surface area contributed by atoms with Gasteiger partial charge in [-0.1, -0.05) is 11.6 Å². The highest BCUT2D eigenvalue weighted by atomic mass is 35.5. The van der Waals surface area contributed by atoms with Crippen LogP contribution in [0.4, 0.5) is 0 Å². The maximum atomic E-state index is 12.4. The predicted octanol–water partition coefficient (Wildman–Crippen LogP) is 1.18. The molecule has 0 spiro atoms. The summed E-state index contributed by atoms with van der Waals surface area (Å²) in [6, 6.07) is 6.77. The minimum atomic E-state index is -2.88. The number of hydrogen-bond acceptors (Lipinski definition) is 5. The quantitative estimate of drug-likeness (QED) is 0.689. The largest absolute Gasteiger partial charge is 0.352 e. The third kappa shape index (κ3) is 5.68. The van der Waals surface area contributed by atoms with E-state index in [9.17, 15) is 18.0 Å². The molecule has 3 rings (SSSR count). The molecule has 1 unspecified atom stereocenters. The molecule has 7 nitrogen and oxygen atoms in total. The molecule has 2 aliphatic rings. The molecule has 0 aliphatic carbocycles. The van der Waals surface area contributed by atoms with Gasteiger partial charge in [0, 0.05) is 55.8 Å². The number of carbonyl (C=O) groups excluding carboxylic acids is 2. The molecule has 9 heteroatoms. The number of benzene rings is 1. The Bertz CT molecular complexity index is 805. The van der Waals surface area contributed by atoms with E-state index in [0.717, 1.165) is 13.1 Å². The molecule has 2 heterocycles. The van der Waals surface area contributed by atoms with Gasteiger partial charge in [0.05, 0.1) is 11.5 Å². The van der Waals surface area contributed by atoms with E-state index in [1.807, 2.05) is 4.90 Å². The third-order valence-electron chi connectivity index (χ3n) is 5.35. The van der Waals surface area contributed by atoms with Crippen LogP contribution >= 0.6 is 11.6 Å². The lowest BCUT2D eigenvalue weighted by Gasteiger charge is -2.37. The monoisotopic (exact) mass is 427 g/mol. The van der Waals surface area contributed by atoms with Crippen molar-refractivity contribution in [3.05, 3.63) is 34.9 Å². The molecule has 2 amide bonds. The Balaban J connectivity index is 1.33. The Labute approximate surface area is 170 Å². The van der Waals surface area contributed by atoms with Crippen molar-refractivity contribution in [2.75, 3.05) is 44.2 Å². The van der Waals surface area contributed by atoms with Crippen LogP contribution in [-0.4, -0.2) is 80.3 Å². The van der Waals surface area contributed by atoms with E-state index in [2.05, 4.69) is 10.2 Å². The van der Waals surface area contributed by atoms with Gasteiger partial charge in [-0.3, -0.25) is 14.5 Å². The Hall–Kier alpha value is -1.64. The zero-order chi connectivity index (χ0) is 20.1. The summed E-state index contributed by atoms with van der Waals surface area (Å²) >= 11 is 5.81. The molecule has 1 aromatic rings. The van der Waals surface area contributed by atoms with E-state index in [4.69, 9.17) is 11.6 Å². The summed E-state index contributed by atoms with van der Waals surface area (Å²) in [5.41, 5.74) is 0.542. The van der Waals surface area contributed by atoms with Crippen molar-refractivity contribution in [1.29, 1.82) is 0 Å². The van der Waals surface area contributed by atoms with Crippen LogP contribution in [0, 0.1) is 0 Å². The van der Waals surface area contributed by atoms with Crippen LogP contribution in [0.25, 0.3) is 0 Å². The Kier molecular flexibility index (Phi) is 6.95. The normalized spacial score (nSPS) is 22.2. The first-order chi connectivity index (χ1) is 13.3. The van der Waals surface area contributed by atoms with E-state index in [-0.39, 0.29) is 29.4 Å². The fourth-order valence-electron chi connectivity index (χ4n) is 3.70. The second-order valence-electron chi connectivity index (χ2n) is 7.34. The van der Waals surface area contributed by atoms with Gasteiger partial charge in [-0.15, -0.1) is 0 Å². The van der Waals surface area contributed by atoms with Crippen LogP contribution in [0.5, 0.6) is 0 Å². The average Bonchev–Trinajstić information content (AvgIpc) is 3.05. The molecule has 1 atom stereocenters. The Morgan fingerprint density at radius 1 is 1.11 bits per heavy atom. The minimum Gasteiger partial charge on any atom is -0.352 e. The maximum Gasteiger partial charge on any atom is 0.251 e. The molecule has 2 saturated heterocycles. The molecule has 28 heavy (non-hydrogen) atoms. The van der Waals surface area contributed by atoms with Crippen molar-refractivity contribution in [1.82, 2.24) is 15.1 Å². The van der Waals surface area contributed by atoms with Gasteiger partial charge < -0.3 is 10.2 Å². The lowest BCUT2D eigenvalue weighted by atomic mass is 10.1. The zero-order valence-corrected chi connectivity index (χ0v) is 17.3. The van der Waals surface area contributed by atoms with E-state index < -0.39 is 9.84 Å². The first-order valence-corrected chi connectivity index (χ1v) is 11.8. The number of halogens is 1. The molecule has 154 valence electrons. The lowest BCUT2D eigenvalue weighted by molar-refractivity contribution is -0.133. The van der Waals surface area contributed by atoms with Crippen molar-refractivity contribution in [2.45, 2.75) is 25.3 Å². The number of piperazine rings is 1. The number of hydrogen-bond donors (Lipinski definition) is 1. The molecule has 0 radical (unpaired) electrons. The standard InChI is InChI=1S/C19H26ClN3O4S/c20-16-5-3-15(4-6-16)19(25)21-8-1-2-18(24)23-11-9-22(10-12-23)17-7-13-28(26,27)14-17/h3-6,17H,1-2,7-14H2,(H,21,25). The van der Waals surface area contributed by atoms with E-state index in [0.29, 0.717) is 49.5 Å². The minimum absolute atomic E-state index is 0.0828. The van der Waals surface area contributed by atoms with E-state index in [1.54, 1.807) is 24.3 Å². The second kappa shape index (κ2) is 9.24. The van der Waals surface area contributed by atoms with Gasteiger partial charge in [0.1, 0.15) is 0 Å². The summed E-state index contributed by atoms with van der Waals surface area (Å²) in [6.45, 7) is 3.14. The van der Waals surface area contributed by atoms with Gasteiger partial charge >= 0.3 is 0 Å². The first-order valence-electron chi connectivity index (χ1n) is 9.60. The summed E-state index contributed by atoms with van der Waals surface area (Å²) in [4.78, 5) is 28.4. The lowest BCUT2D eigenvalue weighted by Crippen LogP contribution is -2.52. The van der Waals surface area contributed by atoms with Crippen LogP contribution in [-0.2, 0) is 14.6 Å². The van der Waals surface area contributed by atoms with Gasteiger partial charge in [-0.2, -0.15) is 0 Å². The fourth-order valence-corrected chi connectivity index (χ4v) is 5.59. The Morgan fingerprint density at radius 2 is 1.79 bits per heavy atom. The van der Waals surface area contributed by atoms with Gasteiger partial charge in [-0.05, 0) is 37.1 Å². The highest BCUT2D eigenvalue weighted by Gasteiger charge is 2.34. The maximum absolute atomic E-state index is 12.4. The Morgan fingerprint density at radius 3 is 2.39 bits per heavy atom. The summed E-state index contributed by atoms with van der Waals surface area (Å²) in [6.07, 6.45) is 1.67. The van der Waals surface area contributed by atoms with Gasteiger partial charge in [0.15, 0.2) is 9.84 Å². The van der Waals surface area contributed by atoms with Crippen molar-refractivity contribution in [3.63, 3.8) is 0 Å². The van der Waals surface area contributed by atoms with Crippen LogP contribution in [0.1, 0.15) is 29.6 Å². The molecule has 1 aromatic carbocycles.